The number of anilines is 1. The lowest BCUT2D eigenvalue weighted by Crippen LogP contribution is -2.50. The molecule has 0 spiro atoms. The third-order valence-electron chi connectivity index (χ3n) is 6.52. The Morgan fingerprint density at radius 1 is 0.829 bits per heavy atom. The number of alkyl halides is 3. The maximum Gasteiger partial charge on any atom is 0.418 e. The average molecular weight is 588 g/mol. The molecule has 9 nitrogen and oxygen atoms in total. The minimum atomic E-state index is -5.00. The molecule has 0 bridgehead atoms. The van der Waals surface area contributed by atoms with Gasteiger partial charge < -0.3 is 9.80 Å². The molecule has 212 valence electrons. The topological polar surface area (TPSA) is 113 Å². The number of para-hydroxylation sites is 1. The summed E-state index contributed by atoms with van der Waals surface area (Å²) in [7, 11) is -4.49. The number of benzene rings is 2. The number of amides is 2. The Morgan fingerprint density at radius 3 is 2.15 bits per heavy atom. The highest BCUT2D eigenvalue weighted by molar-refractivity contribution is 7.93. The molecule has 14 heteroatoms. The quantitative estimate of drug-likeness (QED) is 0.351. The molecule has 0 atom stereocenters. The number of aromatic nitrogens is 2. The molecule has 1 saturated heterocycles. The van der Waals surface area contributed by atoms with E-state index in [1.807, 2.05) is 4.72 Å². The molecule has 1 N–H and O–H groups in total. The minimum absolute atomic E-state index is 0.0111. The molecule has 2 aromatic heterocycles. The number of nitrogens with zero attached hydrogens (tertiary/aromatic N) is 4. The van der Waals surface area contributed by atoms with Crippen LogP contribution >= 0.6 is 0 Å². The van der Waals surface area contributed by atoms with Gasteiger partial charge in [-0.05, 0) is 42.5 Å². The normalized spacial score (nSPS) is 14.2. The van der Waals surface area contributed by atoms with E-state index in [0.29, 0.717) is 11.5 Å². The van der Waals surface area contributed by atoms with E-state index in [4.69, 9.17) is 0 Å². The van der Waals surface area contributed by atoms with Crippen LogP contribution in [0.15, 0.2) is 78.0 Å². The van der Waals surface area contributed by atoms with Crippen LogP contribution in [0.3, 0.4) is 0 Å². The molecule has 4 aromatic rings. The molecule has 2 aromatic carbocycles. The van der Waals surface area contributed by atoms with Gasteiger partial charge in [0, 0.05) is 49.5 Å². The Hall–Kier alpha value is -4.59. The van der Waals surface area contributed by atoms with Crippen molar-refractivity contribution < 1.29 is 35.6 Å². The van der Waals surface area contributed by atoms with E-state index in [-0.39, 0.29) is 47.8 Å². The Kier molecular flexibility index (Phi) is 7.34. The lowest BCUT2D eigenvalue weighted by atomic mass is 10.1. The highest BCUT2D eigenvalue weighted by Crippen LogP contribution is 2.37. The van der Waals surface area contributed by atoms with Crippen LogP contribution in [0.5, 0.6) is 0 Å². The zero-order valence-electron chi connectivity index (χ0n) is 21.1. The number of piperazine rings is 1. The first kappa shape index (κ1) is 28.0. The van der Waals surface area contributed by atoms with Crippen LogP contribution in [-0.4, -0.2) is 66.2 Å². The Labute approximate surface area is 231 Å². The molecular weight excluding hydrogens is 566 g/mol. The SMILES string of the molecule is O=C(c1ccc(NS(=O)(=O)c2cccc3cccnc23)c(C(F)(F)F)c1)N1CCN(C(=O)c2ncccc2F)CC1. The van der Waals surface area contributed by atoms with Gasteiger partial charge in [0.1, 0.15) is 4.90 Å². The number of hydrogen-bond acceptors (Lipinski definition) is 6. The standard InChI is InChI=1S/C27H21F4N5O4S/c28-20-6-3-11-33-24(20)26(38)36-14-12-35(13-15-36)25(37)18-8-9-21(19(16-18)27(29,30)31)34-41(39,40)22-7-1-4-17-5-2-10-32-23(17)22/h1-11,16,34H,12-15H2. The third kappa shape index (κ3) is 5.68. The van der Waals surface area contributed by atoms with Crippen LogP contribution in [0, 0.1) is 5.82 Å². The highest BCUT2D eigenvalue weighted by Gasteiger charge is 2.36. The summed E-state index contributed by atoms with van der Waals surface area (Å²) in [5, 5.41) is 0.485. The molecule has 1 fully saturated rings. The lowest BCUT2D eigenvalue weighted by molar-refractivity contribution is -0.136. The van der Waals surface area contributed by atoms with E-state index in [9.17, 15) is 35.6 Å². The van der Waals surface area contributed by atoms with Crippen molar-refractivity contribution in [3.63, 3.8) is 0 Å². The fourth-order valence-electron chi connectivity index (χ4n) is 4.48. The van der Waals surface area contributed by atoms with Crippen LogP contribution in [0.2, 0.25) is 0 Å². The van der Waals surface area contributed by atoms with Crippen LogP contribution in [-0.2, 0) is 16.2 Å². The van der Waals surface area contributed by atoms with E-state index >= 15 is 0 Å². The number of fused-ring (bicyclic) bond motifs is 1. The zero-order chi connectivity index (χ0) is 29.4. The van der Waals surface area contributed by atoms with Gasteiger partial charge in [-0.1, -0.05) is 18.2 Å². The summed E-state index contributed by atoms with van der Waals surface area (Å²) in [6, 6.07) is 12.5. The number of sulfonamides is 1. The minimum Gasteiger partial charge on any atom is -0.335 e. The second-order valence-corrected chi connectivity index (χ2v) is 10.8. The Morgan fingerprint density at radius 2 is 1.46 bits per heavy atom. The van der Waals surface area contributed by atoms with Crippen molar-refractivity contribution in [3.05, 3.63) is 95.7 Å². The summed E-state index contributed by atoms with van der Waals surface area (Å²) in [5.41, 5.74) is -2.69. The summed E-state index contributed by atoms with van der Waals surface area (Å²) in [4.78, 5) is 35.7. The van der Waals surface area contributed by atoms with Crippen molar-refractivity contribution in [1.29, 1.82) is 0 Å². The number of pyridine rings is 2. The summed E-state index contributed by atoms with van der Waals surface area (Å²) in [6.45, 7) is 0.0129. The molecular formula is C27H21F4N5O4S. The Balaban J connectivity index is 1.36. The van der Waals surface area contributed by atoms with Crippen LogP contribution in [0.4, 0.5) is 23.2 Å². The van der Waals surface area contributed by atoms with Crippen molar-refractivity contribution in [2.24, 2.45) is 0 Å². The van der Waals surface area contributed by atoms with Gasteiger partial charge in [-0.15, -0.1) is 0 Å². The van der Waals surface area contributed by atoms with Crippen molar-refractivity contribution in [2.45, 2.75) is 11.1 Å². The van der Waals surface area contributed by atoms with Crippen molar-refractivity contribution in [1.82, 2.24) is 19.8 Å². The molecule has 1 aliphatic heterocycles. The first-order valence-electron chi connectivity index (χ1n) is 12.2. The maximum atomic E-state index is 14.0. The predicted octanol–water partition coefficient (Wildman–Crippen LogP) is 4.19. The van der Waals surface area contributed by atoms with Gasteiger partial charge in [0.25, 0.3) is 21.8 Å². The van der Waals surface area contributed by atoms with Crippen LogP contribution < -0.4 is 4.72 Å². The lowest BCUT2D eigenvalue weighted by Gasteiger charge is -2.34. The Bertz CT molecular complexity index is 1750. The number of rotatable bonds is 5. The van der Waals surface area contributed by atoms with Crippen LogP contribution in [0.1, 0.15) is 26.4 Å². The molecule has 5 rings (SSSR count). The van der Waals surface area contributed by atoms with Gasteiger partial charge in [0.05, 0.1) is 16.8 Å². The monoisotopic (exact) mass is 587 g/mol. The summed E-state index contributed by atoms with van der Waals surface area (Å²) in [5.74, 6) is -2.19. The molecule has 3 heterocycles. The van der Waals surface area contributed by atoms with Crippen molar-refractivity contribution in [2.75, 3.05) is 30.9 Å². The van der Waals surface area contributed by atoms with Crippen molar-refractivity contribution >= 4 is 38.4 Å². The summed E-state index contributed by atoms with van der Waals surface area (Å²) >= 11 is 0. The number of nitrogens with one attached hydrogen (secondary N) is 1. The molecule has 0 radical (unpaired) electrons. The zero-order valence-corrected chi connectivity index (χ0v) is 21.9. The van der Waals surface area contributed by atoms with E-state index in [1.165, 1.54) is 40.4 Å². The van der Waals surface area contributed by atoms with Gasteiger partial charge in [0.2, 0.25) is 0 Å². The van der Waals surface area contributed by atoms with Gasteiger partial charge >= 0.3 is 6.18 Å². The first-order valence-corrected chi connectivity index (χ1v) is 13.7. The number of halogens is 4. The molecule has 1 aliphatic rings. The number of carbonyl (C=O) groups excluding carboxylic acids is 2. The van der Waals surface area contributed by atoms with E-state index in [2.05, 4.69) is 9.97 Å². The summed E-state index contributed by atoms with van der Waals surface area (Å²) in [6.07, 6.45) is -2.35. The molecule has 0 saturated carbocycles. The van der Waals surface area contributed by atoms with E-state index in [1.54, 1.807) is 18.2 Å². The van der Waals surface area contributed by atoms with E-state index in [0.717, 1.165) is 18.2 Å². The fourth-order valence-corrected chi connectivity index (χ4v) is 5.74. The van der Waals surface area contributed by atoms with Gasteiger partial charge in [-0.3, -0.25) is 19.3 Å². The van der Waals surface area contributed by atoms with Crippen LogP contribution in [0.25, 0.3) is 10.9 Å². The number of carbonyl (C=O) groups is 2. The highest BCUT2D eigenvalue weighted by atomic mass is 32.2. The first-order chi connectivity index (χ1) is 19.5. The van der Waals surface area contributed by atoms with E-state index < -0.39 is 45.1 Å². The second-order valence-electron chi connectivity index (χ2n) is 9.11. The second kappa shape index (κ2) is 10.8. The smallest absolute Gasteiger partial charge is 0.335 e. The van der Waals surface area contributed by atoms with Gasteiger partial charge in [-0.25, -0.2) is 17.8 Å². The average Bonchev–Trinajstić information content (AvgIpc) is 2.96. The summed E-state index contributed by atoms with van der Waals surface area (Å²) < 4.78 is 84.3. The number of hydrogen-bond donors (Lipinski definition) is 1. The maximum absolute atomic E-state index is 14.0. The molecule has 2 amide bonds. The van der Waals surface area contributed by atoms with Crippen molar-refractivity contribution in [3.8, 4) is 0 Å². The molecule has 0 unspecified atom stereocenters. The molecule has 41 heavy (non-hydrogen) atoms. The fraction of sp³-hybridized carbons (Fsp3) is 0.185. The van der Waals surface area contributed by atoms with Gasteiger partial charge in [-0.2, -0.15) is 13.2 Å². The predicted molar refractivity (Wildman–Crippen MR) is 140 cm³/mol. The third-order valence-corrected chi connectivity index (χ3v) is 7.91. The largest absolute Gasteiger partial charge is 0.418 e. The molecule has 0 aliphatic carbocycles. The van der Waals surface area contributed by atoms with Gasteiger partial charge in [0.15, 0.2) is 11.5 Å².